The lowest BCUT2D eigenvalue weighted by Gasteiger charge is -2.11. The van der Waals surface area contributed by atoms with Crippen LogP contribution in [0.3, 0.4) is 0 Å². The molecule has 124 valence electrons. The predicted molar refractivity (Wildman–Crippen MR) is 90.8 cm³/mol. The van der Waals surface area contributed by atoms with Gasteiger partial charge in [-0.15, -0.1) is 0 Å². The number of benzene rings is 1. The van der Waals surface area contributed by atoms with Crippen LogP contribution in [0, 0.1) is 6.92 Å². The Morgan fingerprint density at radius 3 is 2.92 bits per heavy atom. The van der Waals surface area contributed by atoms with Crippen LogP contribution < -0.4 is 15.6 Å². The van der Waals surface area contributed by atoms with Gasteiger partial charge >= 0.3 is 0 Å². The van der Waals surface area contributed by atoms with Gasteiger partial charge in [-0.2, -0.15) is 5.10 Å². The van der Waals surface area contributed by atoms with Crippen LogP contribution in [-0.2, 0) is 11.3 Å². The summed E-state index contributed by atoms with van der Waals surface area (Å²) >= 11 is 5.94. The van der Waals surface area contributed by atoms with Crippen molar-refractivity contribution in [3.05, 3.63) is 57.7 Å². The Hall–Kier alpha value is -2.80. The average molecular weight is 347 g/mol. The molecule has 0 radical (unpaired) electrons. The van der Waals surface area contributed by atoms with E-state index < -0.39 is 5.91 Å². The van der Waals surface area contributed by atoms with Crippen LogP contribution in [0.2, 0.25) is 5.02 Å². The summed E-state index contributed by atoms with van der Waals surface area (Å²) in [6.45, 7) is 1.55. The minimum absolute atomic E-state index is 0.211. The molecule has 0 aliphatic rings. The maximum Gasteiger partial charge on any atom is 0.291 e. The quantitative estimate of drug-likeness (QED) is 0.784. The van der Waals surface area contributed by atoms with Crippen LogP contribution >= 0.6 is 11.6 Å². The summed E-state index contributed by atoms with van der Waals surface area (Å²) in [4.78, 5) is 24.6. The summed E-state index contributed by atoms with van der Waals surface area (Å²) in [5.74, 6) is 0.689. The fourth-order valence-electron chi connectivity index (χ4n) is 2.45. The number of fused-ring (bicyclic) bond motifs is 1. The van der Waals surface area contributed by atoms with Gasteiger partial charge in [0.15, 0.2) is 0 Å². The monoisotopic (exact) mass is 346 g/mol. The molecule has 0 aliphatic carbocycles. The molecule has 0 fully saturated rings. The fourth-order valence-corrected chi connectivity index (χ4v) is 2.62. The number of nitrogens with one attached hydrogen (secondary N) is 1. The average Bonchev–Trinajstić information content (AvgIpc) is 3.03. The van der Waals surface area contributed by atoms with Crippen LogP contribution in [0.1, 0.15) is 5.82 Å². The number of hydrogen-bond donors (Lipinski definition) is 1. The minimum atomic E-state index is -0.402. The number of hydrogen-bond acceptors (Lipinski definition) is 4. The van der Waals surface area contributed by atoms with Crippen molar-refractivity contribution >= 4 is 28.7 Å². The summed E-state index contributed by atoms with van der Waals surface area (Å²) in [7, 11) is 1.49. The Kier molecular flexibility index (Phi) is 4.26. The highest BCUT2D eigenvalue weighted by molar-refractivity contribution is 6.31. The number of halogens is 1. The fraction of sp³-hybridized carbons (Fsp3) is 0.188. The lowest BCUT2D eigenvalue weighted by Crippen LogP contribution is -2.31. The van der Waals surface area contributed by atoms with Crippen molar-refractivity contribution in [2.24, 2.45) is 0 Å². The first-order chi connectivity index (χ1) is 11.5. The summed E-state index contributed by atoms with van der Waals surface area (Å²) in [5, 5.41) is 7.31. The number of carbonyl (C=O) groups excluding carboxylic acids is 1. The van der Waals surface area contributed by atoms with Gasteiger partial charge < -0.3 is 10.1 Å². The smallest absolute Gasteiger partial charge is 0.291 e. The Morgan fingerprint density at radius 2 is 2.17 bits per heavy atom. The summed E-state index contributed by atoms with van der Waals surface area (Å²) in [6, 6.07) is 8.33. The third kappa shape index (κ3) is 2.98. The molecule has 1 N–H and O–H groups in total. The molecule has 0 aliphatic heterocycles. The highest BCUT2D eigenvalue weighted by atomic mass is 35.5. The van der Waals surface area contributed by atoms with Crippen molar-refractivity contribution in [1.82, 2.24) is 14.2 Å². The van der Waals surface area contributed by atoms with E-state index in [0.717, 1.165) is 4.68 Å². The maximum atomic E-state index is 12.4. The SMILES string of the molecule is COc1ccc(Cl)cc1NC(=O)Cn1nc(C)n2cccc2c1=O. The molecule has 8 heteroatoms. The molecule has 0 saturated heterocycles. The van der Waals surface area contributed by atoms with E-state index in [4.69, 9.17) is 16.3 Å². The zero-order valence-corrected chi connectivity index (χ0v) is 13.9. The van der Waals surface area contributed by atoms with Gasteiger partial charge in [0.25, 0.3) is 5.56 Å². The molecule has 3 rings (SSSR count). The zero-order chi connectivity index (χ0) is 17.3. The van der Waals surface area contributed by atoms with Crippen molar-refractivity contribution in [3.8, 4) is 5.75 Å². The largest absolute Gasteiger partial charge is 0.495 e. The van der Waals surface area contributed by atoms with Crippen molar-refractivity contribution in [3.63, 3.8) is 0 Å². The molecule has 24 heavy (non-hydrogen) atoms. The van der Waals surface area contributed by atoms with Gasteiger partial charge in [0.2, 0.25) is 5.91 Å². The highest BCUT2D eigenvalue weighted by Crippen LogP contribution is 2.27. The van der Waals surface area contributed by atoms with E-state index >= 15 is 0 Å². The molecule has 1 aromatic carbocycles. The number of ether oxygens (including phenoxy) is 1. The number of aryl methyl sites for hydroxylation is 1. The molecule has 1 amide bonds. The number of aromatic nitrogens is 3. The van der Waals surface area contributed by atoms with Gasteiger partial charge in [-0.1, -0.05) is 11.6 Å². The number of anilines is 1. The molecule has 0 saturated carbocycles. The summed E-state index contributed by atoms with van der Waals surface area (Å²) in [5.41, 5.74) is 0.568. The second-order valence-corrected chi connectivity index (χ2v) is 5.60. The van der Waals surface area contributed by atoms with Crippen molar-refractivity contribution in [2.75, 3.05) is 12.4 Å². The number of methoxy groups -OCH3 is 1. The summed E-state index contributed by atoms with van der Waals surface area (Å²) < 4.78 is 7.99. The van der Waals surface area contributed by atoms with Crippen LogP contribution in [0.25, 0.3) is 5.52 Å². The Labute approximate surface area is 142 Å². The third-order valence-corrected chi connectivity index (χ3v) is 3.78. The lowest BCUT2D eigenvalue weighted by molar-refractivity contribution is -0.117. The lowest BCUT2D eigenvalue weighted by atomic mass is 10.3. The molecule has 0 atom stereocenters. The van der Waals surface area contributed by atoms with Gasteiger partial charge in [0.05, 0.1) is 12.8 Å². The molecule has 0 unspecified atom stereocenters. The zero-order valence-electron chi connectivity index (χ0n) is 13.1. The Balaban J connectivity index is 1.87. The Morgan fingerprint density at radius 1 is 1.38 bits per heavy atom. The van der Waals surface area contributed by atoms with Gasteiger partial charge in [0.1, 0.15) is 23.6 Å². The van der Waals surface area contributed by atoms with Crippen LogP contribution in [0.15, 0.2) is 41.3 Å². The molecular formula is C16H15ClN4O3. The first-order valence-corrected chi connectivity index (χ1v) is 7.55. The molecule has 7 nitrogen and oxygen atoms in total. The van der Waals surface area contributed by atoms with E-state index in [0.29, 0.717) is 27.8 Å². The van der Waals surface area contributed by atoms with E-state index in [-0.39, 0.29) is 12.1 Å². The highest BCUT2D eigenvalue weighted by Gasteiger charge is 2.13. The second-order valence-electron chi connectivity index (χ2n) is 5.17. The van der Waals surface area contributed by atoms with Crippen molar-refractivity contribution in [1.29, 1.82) is 0 Å². The topological polar surface area (TPSA) is 77.6 Å². The van der Waals surface area contributed by atoms with E-state index in [1.54, 1.807) is 47.9 Å². The molecule has 0 bridgehead atoms. The van der Waals surface area contributed by atoms with Crippen LogP contribution in [0.4, 0.5) is 5.69 Å². The van der Waals surface area contributed by atoms with Gasteiger partial charge in [-0.25, -0.2) is 4.68 Å². The van der Waals surface area contributed by atoms with Gasteiger partial charge in [-0.3, -0.25) is 14.0 Å². The molecule has 0 spiro atoms. The number of rotatable bonds is 4. The second kappa shape index (κ2) is 6.37. The third-order valence-electron chi connectivity index (χ3n) is 3.55. The standard InChI is InChI=1S/C16H15ClN4O3/c1-10-19-21(16(23)13-4-3-7-20(10)13)9-15(22)18-12-8-11(17)5-6-14(12)24-2/h3-8H,9H2,1-2H3,(H,18,22). The normalized spacial score (nSPS) is 10.8. The van der Waals surface area contributed by atoms with Gasteiger partial charge in [0, 0.05) is 11.2 Å². The van der Waals surface area contributed by atoms with Crippen molar-refractivity contribution in [2.45, 2.75) is 13.5 Å². The van der Waals surface area contributed by atoms with Crippen molar-refractivity contribution < 1.29 is 9.53 Å². The van der Waals surface area contributed by atoms with Crippen LogP contribution in [-0.4, -0.2) is 27.2 Å². The van der Waals surface area contributed by atoms with Crippen LogP contribution in [0.5, 0.6) is 5.75 Å². The van der Waals surface area contributed by atoms with E-state index in [9.17, 15) is 9.59 Å². The first-order valence-electron chi connectivity index (χ1n) is 7.18. The maximum absolute atomic E-state index is 12.4. The molecule has 3 aromatic rings. The first kappa shape index (κ1) is 16.1. The van der Waals surface area contributed by atoms with E-state index in [1.165, 1.54) is 7.11 Å². The predicted octanol–water partition coefficient (Wildman–Crippen LogP) is 2.11. The molecule has 2 heterocycles. The number of amides is 1. The van der Waals surface area contributed by atoms with Gasteiger partial charge in [-0.05, 0) is 37.3 Å². The Bertz CT molecular complexity index is 977. The minimum Gasteiger partial charge on any atom is -0.495 e. The van der Waals surface area contributed by atoms with E-state index in [2.05, 4.69) is 10.4 Å². The molecule has 2 aromatic heterocycles. The molecular weight excluding hydrogens is 332 g/mol. The van der Waals surface area contributed by atoms with E-state index in [1.807, 2.05) is 0 Å². The number of carbonyl (C=O) groups is 1. The summed E-state index contributed by atoms with van der Waals surface area (Å²) in [6.07, 6.45) is 1.75. The number of nitrogens with zero attached hydrogens (tertiary/aromatic N) is 3.